The maximum absolute atomic E-state index is 6.10. The quantitative estimate of drug-likeness (QED) is 0.851. The largest absolute Gasteiger partial charge is 0.495 e. The molecule has 0 spiro atoms. The molecule has 0 saturated carbocycles. The molecule has 2 N–H and O–H groups in total. The average molecular weight is 257 g/mol. The number of nitrogens with zero attached hydrogens (tertiary/aromatic N) is 1. The molecular formula is C13H21ClN2O. The molecule has 0 amide bonds. The van der Waals surface area contributed by atoms with E-state index in [-0.39, 0.29) is 0 Å². The Morgan fingerprint density at radius 2 is 2.18 bits per heavy atom. The monoisotopic (exact) mass is 256 g/mol. The van der Waals surface area contributed by atoms with Gasteiger partial charge in [-0.2, -0.15) is 0 Å². The van der Waals surface area contributed by atoms with Crippen LogP contribution < -0.4 is 15.4 Å². The zero-order valence-electron chi connectivity index (χ0n) is 10.7. The molecule has 0 aliphatic heterocycles. The van der Waals surface area contributed by atoms with E-state index in [4.69, 9.17) is 22.1 Å². The number of anilines is 1. The first-order valence-corrected chi connectivity index (χ1v) is 6.24. The summed E-state index contributed by atoms with van der Waals surface area (Å²) >= 11 is 6.10. The second-order valence-electron chi connectivity index (χ2n) is 4.21. The molecule has 1 atom stereocenters. The molecule has 0 aliphatic carbocycles. The fraction of sp³-hybridized carbons (Fsp3) is 0.538. The van der Waals surface area contributed by atoms with Crippen LogP contribution in [0.3, 0.4) is 0 Å². The van der Waals surface area contributed by atoms with Crippen LogP contribution >= 0.6 is 11.6 Å². The van der Waals surface area contributed by atoms with Gasteiger partial charge in [0.25, 0.3) is 0 Å². The molecule has 1 aromatic carbocycles. The van der Waals surface area contributed by atoms with E-state index in [1.54, 1.807) is 7.11 Å². The lowest BCUT2D eigenvalue weighted by Gasteiger charge is -2.24. The molecular weight excluding hydrogens is 236 g/mol. The van der Waals surface area contributed by atoms with E-state index in [9.17, 15) is 0 Å². The first-order chi connectivity index (χ1) is 8.12. The van der Waals surface area contributed by atoms with E-state index in [1.807, 2.05) is 18.2 Å². The van der Waals surface area contributed by atoms with Crippen LogP contribution in [0.2, 0.25) is 5.02 Å². The van der Waals surface area contributed by atoms with E-state index >= 15 is 0 Å². The Bertz CT molecular complexity index is 353. The second kappa shape index (κ2) is 6.72. The molecule has 0 aliphatic rings. The van der Waals surface area contributed by atoms with Gasteiger partial charge in [-0.1, -0.05) is 24.9 Å². The summed E-state index contributed by atoms with van der Waals surface area (Å²) in [4.78, 5) is 2.17. The molecule has 17 heavy (non-hydrogen) atoms. The number of nitrogens with two attached hydrogens (primary N) is 1. The predicted molar refractivity (Wildman–Crippen MR) is 74.1 cm³/mol. The molecule has 3 nitrogen and oxygen atoms in total. The van der Waals surface area contributed by atoms with Crippen LogP contribution in [0, 0.1) is 5.92 Å². The highest BCUT2D eigenvalue weighted by Crippen LogP contribution is 2.28. The smallest absolute Gasteiger partial charge is 0.137 e. The van der Waals surface area contributed by atoms with E-state index in [0.29, 0.717) is 23.2 Å². The number of rotatable bonds is 6. The SMILES string of the molecule is CCC(CN)CN(C)c1ccc(OC)c(Cl)c1. The standard InChI is InChI=1S/C13H21ClN2O/c1-4-10(8-15)9-16(2)11-5-6-13(17-3)12(14)7-11/h5-7,10H,4,8-9,15H2,1-3H3. The van der Waals surface area contributed by atoms with Gasteiger partial charge in [0.2, 0.25) is 0 Å². The summed E-state index contributed by atoms with van der Waals surface area (Å²) in [6.45, 7) is 3.81. The maximum atomic E-state index is 6.10. The van der Waals surface area contributed by atoms with Crippen molar-refractivity contribution in [2.45, 2.75) is 13.3 Å². The number of benzene rings is 1. The lowest BCUT2D eigenvalue weighted by molar-refractivity contribution is 0.415. The van der Waals surface area contributed by atoms with Crippen molar-refractivity contribution in [2.24, 2.45) is 11.7 Å². The minimum atomic E-state index is 0.515. The van der Waals surface area contributed by atoms with Crippen LogP contribution in [-0.4, -0.2) is 27.2 Å². The maximum Gasteiger partial charge on any atom is 0.137 e. The molecule has 1 unspecified atom stereocenters. The van der Waals surface area contributed by atoms with E-state index in [1.165, 1.54) is 0 Å². The van der Waals surface area contributed by atoms with Gasteiger partial charge in [0.1, 0.15) is 5.75 Å². The van der Waals surface area contributed by atoms with Gasteiger partial charge in [0.05, 0.1) is 12.1 Å². The van der Waals surface area contributed by atoms with E-state index < -0.39 is 0 Å². The van der Waals surface area contributed by atoms with Crippen molar-refractivity contribution >= 4 is 17.3 Å². The van der Waals surface area contributed by atoms with Crippen molar-refractivity contribution in [2.75, 3.05) is 32.1 Å². The second-order valence-corrected chi connectivity index (χ2v) is 4.62. The topological polar surface area (TPSA) is 38.5 Å². The summed E-state index contributed by atoms with van der Waals surface area (Å²) in [5, 5.41) is 0.637. The highest BCUT2D eigenvalue weighted by Gasteiger charge is 2.10. The fourth-order valence-electron chi connectivity index (χ4n) is 1.76. The summed E-state index contributed by atoms with van der Waals surface area (Å²) in [5.41, 5.74) is 6.80. The van der Waals surface area contributed by atoms with Crippen molar-refractivity contribution < 1.29 is 4.74 Å². The van der Waals surface area contributed by atoms with Crippen LogP contribution in [0.4, 0.5) is 5.69 Å². The van der Waals surface area contributed by atoms with Gasteiger partial charge in [-0.3, -0.25) is 0 Å². The van der Waals surface area contributed by atoms with Gasteiger partial charge in [-0.05, 0) is 30.7 Å². The Balaban J connectivity index is 2.75. The predicted octanol–water partition coefficient (Wildman–Crippen LogP) is 2.77. The lowest BCUT2D eigenvalue weighted by Crippen LogP contribution is -2.29. The van der Waals surface area contributed by atoms with Gasteiger partial charge in [0.15, 0.2) is 0 Å². The van der Waals surface area contributed by atoms with Gasteiger partial charge in [-0.25, -0.2) is 0 Å². The molecule has 0 bridgehead atoms. The van der Waals surface area contributed by atoms with Crippen LogP contribution in [0.5, 0.6) is 5.75 Å². The zero-order chi connectivity index (χ0) is 12.8. The third-order valence-corrected chi connectivity index (χ3v) is 3.31. The Morgan fingerprint density at radius 1 is 1.47 bits per heavy atom. The van der Waals surface area contributed by atoms with Crippen LogP contribution in [-0.2, 0) is 0 Å². The van der Waals surface area contributed by atoms with Crippen molar-refractivity contribution in [1.29, 1.82) is 0 Å². The number of halogens is 1. The lowest BCUT2D eigenvalue weighted by atomic mass is 10.1. The number of hydrogen-bond acceptors (Lipinski definition) is 3. The van der Waals surface area contributed by atoms with E-state index in [0.717, 1.165) is 18.7 Å². The van der Waals surface area contributed by atoms with Crippen molar-refractivity contribution in [3.63, 3.8) is 0 Å². The van der Waals surface area contributed by atoms with Crippen LogP contribution in [0.1, 0.15) is 13.3 Å². The van der Waals surface area contributed by atoms with Crippen LogP contribution in [0.25, 0.3) is 0 Å². The first kappa shape index (κ1) is 14.1. The average Bonchev–Trinajstić information content (AvgIpc) is 2.35. The number of ether oxygens (including phenoxy) is 1. The summed E-state index contributed by atoms with van der Waals surface area (Å²) in [6, 6.07) is 5.81. The zero-order valence-corrected chi connectivity index (χ0v) is 11.5. The van der Waals surface area contributed by atoms with Crippen LogP contribution in [0.15, 0.2) is 18.2 Å². The minimum Gasteiger partial charge on any atom is -0.495 e. The Labute approximate surface area is 109 Å². The van der Waals surface area contributed by atoms with Gasteiger partial charge < -0.3 is 15.4 Å². The molecule has 1 rings (SSSR count). The van der Waals surface area contributed by atoms with Crippen molar-refractivity contribution in [1.82, 2.24) is 0 Å². The third-order valence-electron chi connectivity index (χ3n) is 3.02. The Morgan fingerprint density at radius 3 is 2.65 bits per heavy atom. The summed E-state index contributed by atoms with van der Waals surface area (Å²) in [7, 11) is 3.67. The highest BCUT2D eigenvalue weighted by molar-refractivity contribution is 6.32. The molecule has 96 valence electrons. The molecule has 0 heterocycles. The van der Waals surface area contributed by atoms with Crippen molar-refractivity contribution in [3.05, 3.63) is 23.2 Å². The highest BCUT2D eigenvalue weighted by atomic mass is 35.5. The minimum absolute atomic E-state index is 0.515. The molecule has 1 aromatic rings. The van der Waals surface area contributed by atoms with Gasteiger partial charge in [0, 0.05) is 19.3 Å². The summed E-state index contributed by atoms with van der Waals surface area (Å²) in [6.07, 6.45) is 1.09. The third kappa shape index (κ3) is 3.79. The number of methoxy groups -OCH3 is 1. The first-order valence-electron chi connectivity index (χ1n) is 5.87. The fourth-order valence-corrected chi connectivity index (χ4v) is 2.01. The Kier molecular flexibility index (Phi) is 5.59. The van der Waals surface area contributed by atoms with Crippen molar-refractivity contribution in [3.8, 4) is 5.75 Å². The molecule has 0 radical (unpaired) electrons. The number of hydrogen-bond donors (Lipinski definition) is 1. The van der Waals surface area contributed by atoms with Gasteiger partial charge >= 0.3 is 0 Å². The summed E-state index contributed by atoms with van der Waals surface area (Å²) < 4.78 is 5.13. The molecule has 0 fully saturated rings. The van der Waals surface area contributed by atoms with E-state index in [2.05, 4.69) is 18.9 Å². The molecule has 0 saturated heterocycles. The summed E-state index contributed by atoms with van der Waals surface area (Å²) in [5.74, 6) is 1.22. The normalized spacial score (nSPS) is 12.3. The Hall–Kier alpha value is -0.930. The molecule has 4 heteroatoms. The molecule has 0 aromatic heterocycles. The van der Waals surface area contributed by atoms with Gasteiger partial charge in [-0.15, -0.1) is 0 Å².